The van der Waals surface area contributed by atoms with E-state index in [1.807, 2.05) is 44.2 Å². The van der Waals surface area contributed by atoms with Crippen LogP contribution in [0.2, 0.25) is 0 Å². The average molecular weight is 282 g/mol. The van der Waals surface area contributed by atoms with Gasteiger partial charge in [0.05, 0.1) is 0 Å². The van der Waals surface area contributed by atoms with Gasteiger partial charge in [-0.3, -0.25) is 0 Å². The molecule has 0 amide bonds. The zero-order valence-electron chi connectivity index (χ0n) is 11.4. The molecule has 5 heteroatoms. The molecule has 0 fully saturated rings. The molecule has 1 aromatic rings. The molecule has 0 aliphatic rings. The maximum absolute atomic E-state index is 11.9. The third kappa shape index (κ3) is 6.52. The number of rotatable bonds is 7. The first kappa shape index (κ1) is 15.9. The summed E-state index contributed by atoms with van der Waals surface area (Å²) in [5.74, 6) is 0.398. The Morgan fingerprint density at radius 3 is 2.42 bits per heavy atom. The summed E-state index contributed by atoms with van der Waals surface area (Å²) in [6, 6.07) is 9.09. The van der Waals surface area contributed by atoms with Gasteiger partial charge in [0.1, 0.15) is 0 Å². The first-order valence-electron chi connectivity index (χ1n) is 6.38. The van der Waals surface area contributed by atoms with Gasteiger partial charge in [-0.25, -0.2) is 13.1 Å². The summed E-state index contributed by atoms with van der Waals surface area (Å²) in [7, 11) is -3.45. The van der Waals surface area contributed by atoms with E-state index in [4.69, 9.17) is 5.73 Å². The van der Waals surface area contributed by atoms with Gasteiger partial charge < -0.3 is 5.73 Å². The molecule has 3 N–H and O–H groups in total. The number of hydrogen-bond donors (Lipinski definition) is 2. The van der Waals surface area contributed by atoms with Crippen LogP contribution in [-0.2, 0) is 10.0 Å². The number of sulfonamides is 1. The van der Waals surface area contributed by atoms with E-state index < -0.39 is 10.0 Å². The molecule has 4 nitrogen and oxygen atoms in total. The summed E-state index contributed by atoms with van der Waals surface area (Å²) >= 11 is 0. The molecular formula is C14H22N2O2S. The lowest BCUT2D eigenvalue weighted by Crippen LogP contribution is -2.40. The number of nitrogens with one attached hydrogen (secondary N) is 1. The van der Waals surface area contributed by atoms with E-state index in [2.05, 4.69) is 4.72 Å². The van der Waals surface area contributed by atoms with Gasteiger partial charge >= 0.3 is 0 Å². The minimum absolute atomic E-state index is 0.217. The highest BCUT2D eigenvalue weighted by molar-refractivity contribution is 7.92. The minimum atomic E-state index is -3.45. The van der Waals surface area contributed by atoms with Crippen molar-refractivity contribution in [1.82, 2.24) is 4.72 Å². The molecule has 0 heterocycles. The highest BCUT2D eigenvalue weighted by Crippen LogP contribution is 2.07. The van der Waals surface area contributed by atoms with Crippen molar-refractivity contribution < 1.29 is 8.42 Å². The van der Waals surface area contributed by atoms with E-state index in [1.165, 1.54) is 5.41 Å². The maximum atomic E-state index is 11.9. The molecule has 1 rings (SSSR count). The van der Waals surface area contributed by atoms with E-state index >= 15 is 0 Å². The van der Waals surface area contributed by atoms with Crippen LogP contribution >= 0.6 is 0 Å². The lowest BCUT2D eigenvalue weighted by molar-refractivity contribution is 0.467. The molecule has 0 aliphatic heterocycles. The molecule has 0 bridgehead atoms. The van der Waals surface area contributed by atoms with Gasteiger partial charge in [0.2, 0.25) is 10.0 Å². The Bertz CT molecular complexity index is 495. The van der Waals surface area contributed by atoms with E-state index in [1.54, 1.807) is 6.08 Å². The highest BCUT2D eigenvalue weighted by Gasteiger charge is 2.15. The molecular weight excluding hydrogens is 260 g/mol. The summed E-state index contributed by atoms with van der Waals surface area (Å²) < 4.78 is 26.4. The minimum Gasteiger partial charge on any atom is -0.329 e. The summed E-state index contributed by atoms with van der Waals surface area (Å²) in [6.07, 6.45) is 2.31. The average Bonchev–Trinajstić information content (AvgIpc) is 2.36. The molecule has 1 atom stereocenters. The standard InChI is InChI=1S/C14H22N2O2S/c1-12(2)10-14(11-15)16-19(17,18)9-8-13-6-4-3-5-7-13/h3-9,12,14,16H,10-11,15H2,1-2H3. The Labute approximate surface area is 115 Å². The van der Waals surface area contributed by atoms with Crippen LogP contribution in [0.1, 0.15) is 25.8 Å². The van der Waals surface area contributed by atoms with Gasteiger partial charge in [-0.05, 0) is 24.0 Å². The van der Waals surface area contributed by atoms with E-state index in [0.717, 1.165) is 12.0 Å². The number of hydrogen-bond acceptors (Lipinski definition) is 3. The van der Waals surface area contributed by atoms with Crippen molar-refractivity contribution in [1.29, 1.82) is 0 Å². The maximum Gasteiger partial charge on any atom is 0.234 e. The third-order valence-electron chi connectivity index (χ3n) is 2.61. The molecule has 19 heavy (non-hydrogen) atoms. The Morgan fingerprint density at radius 2 is 1.89 bits per heavy atom. The van der Waals surface area contributed by atoms with Gasteiger partial charge in [-0.15, -0.1) is 0 Å². The van der Waals surface area contributed by atoms with Crippen LogP contribution in [0.15, 0.2) is 35.7 Å². The van der Waals surface area contributed by atoms with Crippen LogP contribution in [0.4, 0.5) is 0 Å². The monoisotopic (exact) mass is 282 g/mol. The van der Waals surface area contributed by atoms with Crippen molar-refractivity contribution in [2.45, 2.75) is 26.3 Å². The predicted octanol–water partition coefficient (Wildman–Crippen LogP) is 1.95. The largest absolute Gasteiger partial charge is 0.329 e. The van der Waals surface area contributed by atoms with Crippen molar-refractivity contribution in [2.75, 3.05) is 6.54 Å². The van der Waals surface area contributed by atoms with Crippen LogP contribution in [-0.4, -0.2) is 21.0 Å². The molecule has 0 aliphatic carbocycles. The van der Waals surface area contributed by atoms with Crippen LogP contribution in [0.5, 0.6) is 0 Å². The molecule has 0 spiro atoms. The molecule has 0 saturated carbocycles. The van der Waals surface area contributed by atoms with Crippen LogP contribution < -0.4 is 10.5 Å². The highest BCUT2D eigenvalue weighted by atomic mass is 32.2. The SMILES string of the molecule is CC(C)CC(CN)NS(=O)(=O)C=Cc1ccccc1. The van der Waals surface area contributed by atoms with Gasteiger partial charge in [0.15, 0.2) is 0 Å². The van der Waals surface area contributed by atoms with Crippen molar-refractivity contribution >= 4 is 16.1 Å². The second-order valence-electron chi connectivity index (χ2n) is 4.94. The van der Waals surface area contributed by atoms with E-state index in [9.17, 15) is 8.42 Å². The normalized spacial score (nSPS) is 14.1. The second kappa shape index (κ2) is 7.43. The van der Waals surface area contributed by atoms with Crippen LogP contribution in [0.25, 0.3) is 6.08 Å². The molecule has 0 radical (unpaired) electrons. The van der Waals surface area contributed by atoms with Gasteiger partial charge in [0.25, 0.3) is 0 Å². The van der Waals surface area contributed by atoms with Crippen molar-refractivity contribution in [3.05, 3.63) is 41.3 Å². The second-order valence-corrected chi connectivity index (χ2v) is 6.54. The first-order valence-corrected chi connectivity index (χ1v) is 7.93. The van der Waals surface area contributed by atoms with Crippen LogP contribution in [0, 0.1) is 5.92 Å². The fourth-order valence-electron chi connectivity index (χ4n) is 1.77. The zero-order chi connectivity index (χ0) is 14.3. The quantitative estimate of drug-likeness (QED) is 0.803. The lowest BCUT2D eigenvalue weighted by atomic mass is 10.1. The molecule has 0 saturated heterocycles. The van der Waals surface area contributed by atoms with Crippen molar-refractivity contribution in [2.24, 2.45) is 11.7 Å². The fourth-order valence-corrected chi connectivity index (χ4v) is 2.84. The third-order valence-corrected chi connectivity index (χ3v) is 3.77. The number of nitrogens with two attached hydrogens (primary N) is 1. The summed E-state index contributed by atoms with van der Waals surface area (Å²) in [4.78, 5) is 0. The van der Waals surface area contributed by atoms with Crippen molar-refractivity contribution in [3.8, 4) is 0 Å². The summed E-state index contributed by atoms with van der Waals surface area (Å²) in [5, 5.41) is 1.19. The van der Waals surface area contributed by atoms with Crippen molar-refractivity contribution in [3.63, 3.8) is 0 Å². The van der Waals surface area contributed by atoms with E-state index in [-0.39, 0.29) is 6.04 Å². The topological polar surface area (TPSA) is 72.2 Å². The first-order chi connectivity index (χ1) is 8.93. The van der Waals surface area contributed by atoms with Gasteiger partial charge in [-0.2, -0.15) is 0 Å². The predicted molar refractivity (Wildman–Crippen MR) is 79.8 cm³/mol. The van der Waals surface area contributed by atoms with Gasteiger partial charge in [-0.1, -0.05) is 44.2 Å². The smallest absolute Gasteiger partial charge is 0.234 e. The van der Waals surface area contributed by atoms with Crippen LogP contribution in [0.3, 0.4) is 0 Å². The summed E-state index contributed by atoms with van der Waals surface area (Å²) in [6.45, 7) is 4.38. The Kier molecular flexibility index (Phi) is 6.21. The Balaban J connectivity index is 2.68. The molecule has 106 valence electrons. The van der Waals surface area contributed by atoms with Gasteiger partial charge in [0, 0.05) is 18.0 Å². The lowest BCUT2D eigenvalue weighted by Gasteiger charge is -2.17. The van der Waals surface area contributed by atoms with E-state index in [0.29, 0.717) is 12.5 Å². The fraction of sp³-hybridized carbons (Fsp3) is 0.429. The Morgan fingerprint density at radius 1 is 1.26 bits per heavy atom. The molecule has 1 unspecified atom stereocenters. The summed E-state index contributed by atoms with van der Waals surface area (Å²) in [5.41, 5.74) is 6.43. The molecule has 1 aromatic carbocycles. The Hall–Kier alpha value is -1.17. The number of benzene rings is 1. The zero-order valence-corrected chi connectivity index (χ0v) is 12.2. The molecule has 0 aromatic heterocycles.